The van der Waals surface area contributed by atoms with Crippen LogP contribution in [0.25, 0.3) is 10.8 Å². The maximum atomic E-state index is 5.39. The molecule has 0 atom stereocenters. The number of fused-ring (bicyclic) bond motifs is 1. The van der Waals surface area contributed by atoms with Gasteiger partial charge in [-0.1, -0.05) is 28.1 Å². The van der Waals surface area contributed by atoms with Gasteiger partial charge in [-0.2, -0.15) is 0 Å². The van der Waals surface area contributed by atoms with E-state index in [1.54, 1.807) is 7.11 Å². The summed E-state index contributed by atoms with van der Waals surface area (Å²) < 4.78 is 6.40. The molecule has 0 saturated heterocycles. The van der Waals surface area contributed by atoms with Crippen molar-refractivity contribution in [1.29, 1.82) is 0 Å². The van der Waals surface area contributed by atoms with Crippen LogP contribution in [0.5, 0.6) is 5.75 Å². The first-order valence-electron chi connectivity index (χ1n) is 4.95. The standard InChI is InChI=1S/C12H13BrN2O/c1-16-12-5-2-8-6-9(13)3-4-10(8)11(12)7-15-14/h2-6,15H,7,14H2,1H3. The van der Waals surface area contributed by atoms with Gasteiger partial charge in [0.05, 0.1) is 7.11 Å². The van der Waals surface area contributed by atoms with Crippen molar-refractivity contribution in [2.45, 2.75) is 6.54 Å². The zero-order valence-corrected chi connectivity index (χ0v) is 10.5. The fourth-order valence-corrected chi connectivity index (χ4v) is 2.20. The molecule has 2 rings (SSSR count). The normalized spacial score (nSPS) is 10.7. The van der Waals surface area contributed by atoms with E-state index in [0.29, 0.717) is 6.54 Å². The Morgan fingerprint density at radius 3 is 2.81 bits per heavy atom. The van der Waals surface area contributed by atoms with Gasteiger partial charge in [-0.15, -0.1) is 0 Å². The minimum absolute atomic E-state index is 0.585. The van der Waals surface area contributed by atoms with E-state index in [-0.39, 0.29) is 0 Å². The van der Waals surface area contributed by atoms with E-state index in [1.165, 1.54) is 5.39 Å². The molecule has 0 saturated carbocycles. The Morgan fingerprint density at radius 1 is 1.31 bits per heavy atom. The average molecular weight is 281 g/mol. The number of hydrazine groups is 1. The van der Waals surface area contributed by atoms with Gasteiger partial charge >= 0.3 is 0 Å². The molecule has 16 heavy (non-hydrogen) atoms. The summed E-state index contributed by atoms with van der Waals surface area (Å²) in [7, 11) is 1.67. The first-order chi connectivity index (χ1) is 7.76. The van der Waals surface area contributed by atoms with Crippen molar-refractivity contribution < 1.29 is 4.74 Å². The highest BCUT2D eigenvalue weighted by atomic mass is 79.9. The Bertz CT molecular complexity index is 514. The summed E-state index contributed by atoms with van der Waals surface area (Å²) in [5.41, 5.74) is 3.75. The Labute approximate surface area is 103 Å². The number of hydrogen-bond acceptors (Lipinski definition) is 3. The van der Waals surface area contributed by atoms with Crippen LogP contribution in [0.3, 0.4) is 0 Å². The SMILES string of the molecule is COc1ccc2cc(Br)ccc2c1CNN. The van der Waals surface area contributed by atoms with Crippen molar-refractivity contribution in [3.63, 3.8) is 0 Å². The van der Waals surface area contributed by atoms with Crippen molar-refractivity contribution in [1.82, 2.24) is 5.43 Å². The smallest absolute Gasteiger partial charge is 0.124 e. The van der Waals surface area contributed by atoms with Crippen LogP contribution in [0.1, 0.15) is 5.56 Å². The summed E-state index contributed by atoms with van der Waals surface area (Å²) in [6, 6.07) is 10.2. The fourth-order valence-electron chi connectivity index (χ4n) is 1.82. The monoisotopic (exact) mass is 280 g/mol. The zero-order chi connectivity index (χ0) is 11.5. The third kappa shape index (κ3) is 2.04. The molecule has 3 N–H and O–H groups in total. The Morgan fingerprint density at radius 2 is 2.12 bits per heavy atom. The Balaban J connectivity index is 2.68. The second-order valence-corrected chi connectivity index (χ2v) is 4.41. The summed E-state index contributed by atoms with van der Waals surface area (Å²) in [4.78, 5) is 0. The summed E-state index contributed by atoms with van der Waals surface area (Å²) in [6.45, 7) is 0.585. The quantitative estimate of drug-likeness (QED) is 0.671. The summed E-state index contributed by atoms with van der Waals surface area (Å²) in [5, 5.41) is 2.32. The van der Waals surface area contributed by atoms with Crippen LogP contribution in [0, 0.1) is 0 Å². The van der Waals surface area contributed by atoms with Gasteiger partial charge < -0.3 is 4.74 Å². The lowest BCUT2D eigenvalue weighted by Crippen LogP contribution is -2.21. The molecule has 3 nitrogen and oxygen atoms in total. The lowest BCUT2D eigenvalue weighted by atomic mass is 10.0. The second-order valence-electron chi connectivity index (χ2n) is 3.49. The van der Waals surface area contributed by atoms with Gasteiger partial charge in [0.15, 0.2) is 0 Å². The molecular formula is C12H13BrN2O. The molecule has 4 heteroatoms. The number of hydrogen-bond donors (Lipinski definition) is 2. The third-order valence-electron chi connectivity index (χ3n) is 2.55. The summed E-state index contributed by atoms with van der Waals surface area (Å²) >= 11 is 3.46. The van der Waals surface area contributed by atoms with Crippen molar-refractivity contribution in [2.24, 2.45) is 5.84 Å². The predicted molar refractivity (Wildman–Crippen MR) is 69.2 cm³/mol. The van der Waals surface area contributed by atoms with Gasteiger partial charge in [0.1, 0.15) is 5.75 Å². The number of ether oxygens (including phenoxy) is 1. The molecule has 0 aromatic heterocycles. The Hall–Kier alpha value is -1.10. The number of nitrogens with two attached hydrogens (primary N) is 1. The van der Waals surface area contributed by atoms with Crippen LogP contribution in [-0.2, 0) is 6.54 Å². The van der Waals surface area contributed by atoms with Crippen LogP contribution in [0.4, 0.5) is 0 Å². The summed E-state index contributed by atoms with van der Waals surface area (Å²) in [6.07, 6.45) is 0. The van der Waals surface area contributed by atoms with Gasteiger partial charge in [-0.25, -0.2) is 0 Å². The number of methoxy groups -OCH3 is 1. The topological polar surface area (TPSA) is 47.3 Å². The molecule has 0 radical (unpaired) electrons. The van der Waals surface area contributed by atoms with Crippen LogP contribution in [0.2, 0.25) is 0 Å². The van der Waals surface area contributed by atoms with Gasteiger partial charge in [0.2, 0.25) is 0 Å². The van der Waals surface area contributed by atoms with E-state index in [2.05, 4.69) is 33.5 Å². The van der Waals surface area contributed by atoms with Crippen LogP contribution in [-0.4, -0.2) is 7.11 Å². The first-order valence-corrected chi connectivity index (χ1v) is 5.74. The average Bonchev–Trinajstić information content (AvgIpc) is 2.29. The maximum absolute atomic E-state index is 5.39. The highest BCUT2D eigenvalue weighted by Gasteiger charge is 2.07. The molecule has 2 aromatic carbocycles. The second kappa shape index (κ2) is 4.82. The lowest BCUT2D eigenvalue weighted by molar-refractivity contribution is 0.409. The van der Waals surface area contributed by atoms with Crippen LogP contribution in [0.15, 0.2) is 34.8 Å². The molecule has 0 amide bonds. The highest BCUT2D eigenvalue weighted by molar-refractivity contribution is 9.10. The van der Waals surface area contributed by atoms with Crippen molar-refractivity contribution in [3.8, 4) is 5.75 Å². The molecule has 0 aliphatic carbocycles. The van der Waals surface area contributed by atoms with Gasteiger partial charge in [-0.05, 0) is 29.0 Å². The van der Waals surface area contributed by atoms with E-state index in [4.69, 9.17) is 10.6 Å². The van der Waals surface area contributed by atoms with Gasteiger partial charge in [0.25, 0.3) is 0 Å². The molecule has 0 spiro atoms. The van der Waals surface area contributed by atoms with Crippen molar-refractivity contribution >= 4 is 26.7 Å². The largest absolute Gasteiger partial charge is 0.496 e. The molecule has 84 valence electrons. The van der Waals surface area contributed by atoms with E-state index in [1.807, 2.05) is 18.2 Å². The molecule has 0 aliphatic rings. The molecular weight excluding hydrogens is 268 g/mol. The minimum atomic E-state index is 0.585. The van der Waals surface area contributed by atoms with Crippen molar-refractivity contribution in [3.05, 3.63) is 40.4 Å². The van der Waals surface area contributed by atoms with Crippen LogP contribution >= 0.6 is 15.9 Å². The molecule has 0 bridgehead atoms. The first kappa shape index (κ1) is 11.4. The zero-order valence-electron chi connectivity index (χ0n) is 8.96. The predicted octanol–water partition coefficient (Wildman–Crippen LogP) is 2.57. The van der Waals surface area contributed by atoms with E-state index in [9.17, 15) is 0 Å². The van der Waals surface area contributed by atoms with E-state index in [0.717, 1.165) is 21.2 Å². The Kier molecular flexibility index (Phi) is 3.43. The number of benzene rings is 2. The minimum Gasteiger partial charge on any atom is -0.496 e. The number of nitrogens with one attached hydrogen (secondary N) is 1. The van der Waals surface area contributed by atoms with E-state index < -0.39 is 0 Å². The third-order valence-corrected chi connectivity index (χ3v) is 3.04. The van der Waals surface area contributed by atoms with Crippen molar-refractivity contribution in [2.75, 3.05) is 7.11 Å². The van der Waals surface area contributed by atoms with Crippen LogP contribution < -0.4 is 16.0 Å². The summed E-state index contributed by atoms with van der Waals surface area (Å²) in [5.74, 6) is 6.24. The fraction of sp³-hybridized carbons (Fsp3) is 0.167. The molecule has 0 fully saturated rings. The number of rotatable bonds is 3. The number of halogens is 1. The maximum Gasteiger partial charge on any atom is 0.124 e. The van der Waals surface area contributed by atoms with Gasteiger partial charge in [-0.3, -0.25) is 11.3 Å². The molecule has 0 aliphatic heterocycles. The highest BCUT2D eigenvalue weighted by Crippen LogP contribution is 2.29. The molecule has 2 aromatic rings. The molecule has 0 heterocycles. The van der Waals surface area contributed by atoms with Gasteiger partial charge in [0, 0.05) is 16.6 Å². The molecule has 0 unspecified atom stereocenters. The lowest BCUT2D eigenvalue weighted by Gasteiger charge is -2.11. The van der Waals surface area contributed by atoms with E-state index >= 15 is 0 Å².